The number of halogens is 3. The summed E-state index contributed by atoms with van der Waals surface area (Å²) in [4.78, 5) is 24.4. The van der Waals surface area contributed by atoms with Crippen molar-refractivity contribution in [2.75, 3.05) is 11.9 Å². The van der Waals surface area contributed by atoms with Gasteiger partial charge in [0.25, 0.3) is 11.6 Å². The number of hydrogen-bond donors (Lipinski definition) is 2. The van der Waals surface area contributed by atoms with E-state index in [2.05, 4.69) is 10.1 Å². The molecular formula is C11H8F3N5O4. The Balaban J connectivity index is 1.87. The van der Waals surface area contributed by atoms with Crippen LogP contribution < -0.4 is 10.1 Å². The number of H-pyrrole nitrogens is 1. The predicted molar refractivity (Wildman–Crippen MR) is 68.6 cm³/mol. The number of amides is 1. The molecule has 0 atom stereocenters. The van der Waals surface area contributed by atoms with Crippen LogP contribution in [0.25, 0.3) is 0 Å². The minimum Gasteiger partial charge on any atom is -0.484 e. The van der Waals surface area contributed by atoms with E-state index in [0.29, 0.717) is 0 Å². The van der Waals surface area contributed by atoms with Crippen LogP contribution in [-0.2, 0) is 11.0 Å². The average Bonchev–Trinajstić information content (AvgIpc) is 2.94. The van der Waals surface area contributed by atoms with Gasteiger partial charge in [0.15, 0.2) is 6.61 Å². The van der Waals surface area contributed by atoms with Crippen LogP contribution in [0.4, 0.5) is 24.8 Å². The molecule has 1 heterocycles. The Kier molecular flexibility index (Phi) is 4.43. The molecule has 0 saturated heterocycles. The molecule has 9 nitrogen and oxygen atoms in total. The van der Waals surface area contributed by atoms with E-state index in [1.54, 1.807) is 5.10 Å². The third-order valence-corrected chi connectivity index (χ3v) is 2.42. The second kappa shape index (κ2) is 6.29. The summed E-state index contributed by atoms with van der Waals surface area (Å²) in [6.07, 6.45) is -4.70. The van der Waals surface area contributed by atoms with E-state index in [-0.39, 0.29) is 11.4 Å². The Bertz CT molecular complexity index is 713. The van der Waals surface area contributed by atoms with Crippen molar-refractivity contribution in [3.8, 4) is 5.75 Å². The summed E-state index contributed by atoms with van der Waals surface area (Å²) >= 11 is 0. The number of ether oxygens (including phenoxy) is 1. The van der Waals surface area contributed by atoms with E-state index in [0.717, 1.165) is 0 Å². The zero-order valence-electron chi connectivity index (χ0n) is 11.1. The largest absolute Gasteiger partial charge is 0.484 e. The van der Waals surface area contributed by atoms with Crippen molar-refractivity contribution in [1.29, 1.82) is 0 Å². The fourth-order valence-electron chi connectivity index (χ4n) is 1.42. The van der Waals surface area contributed by atoms with E-state index in [9.17, 15) is 28.1 Å². The Labute approximate surface area is 125 Å². The van der Waals surface area contributed by atoms with Crippen molar-refractivity contribution in [2.24, 2.45) is 0 Å². The maximum Gasteiger partial charge on any atom is 0.451 e. The molecule has 1 amide bonds. The predicted octanol–water partition coefficient (Wildman–Crippen LogP) is 1.75. The van der Waals surface area contributed by atoms with Crippen LogP contribution in [0.15, 0.2) is 24.3 Å². The van der Waals surface area contributed by atoms with Crippen LogP contribution in [0.2, 0.25) is 0 Å². The number of alkyl halides is 3. The van der Waals surface area contributed by atoms with Crippen LogP contribution >= 0.6 is 0 Å². The first-order valence-corrected chi connectivity index (χ1v) is 5.92. The second-order valence-electron chi connectivity index (χ2n) is 4.09. The fourth-order valence-corrected chi connectivity index (χ4v) is 1.42. The van der Waals surface area contributed by atoms with Crippen LogP contribution in [0.3, 0.4) is 0 Å². The zero-order valence-corrected chi connectivity index (χ0v) is 11.1. The molecule has 1 aromatic heterocycles. The Morgan fingerprint density at radius 2 is 2.00 bits per heavy atom. The summed E-state index contributed by atoms with van der Waals surface area (Å²) in [6, 6.07) is 4.91. The molecule has 12 heteroatoms. The van der Waals surface area contributed by atoms with Gasteiger partial charge in [0.1, 0.15) is 5.75 Å². The van der Waals surface area contributed by atoms with Gasteiger partial charge in [0.05, 0.1) is 4.92 Å². The Morgan fingerprint density at radius 1 is 1.35 bits per heavy atom. The van der Waals surface area contributed by atoms with Gasteiger partial charge in [0, 0.05) is 12.1 Å². The van der Waals surface area contributed by atoms with Crippen molar-refractivity contribution in [3.63, 3.8) is 0 Å². The number of nitrogens with one attached hydrogen (secondary N) is 2. The first kappa shape index (κ1) is 16.2. The number of nitro benzene ring substituents is 1. The number of hydrogen-bond acceptors (Lipinski definition) is 6. The molecule has 0 radical (unpaired) electrons. The van der Waals surface area contributed by atoms with Gasteiger partial charge < -0.3 is 4.74 Å². The molecule has 0 spiro atoms. The van der Waals surface area contributed by atoms with Gasteiger partial charge in [-0.2, -0.15) is 18.2 Å². The lowest BCUT2D eigenvalue weighted by Crippen LogP contribution is -2.21. The molecule has 0 aliphatic carbocycles. The smallest absolute Gasteiger partial charge is 0.451 e. The molecular weight excluding hydrogens is 323 g/mol. The maximum atomic E-state index is 12.3. The molecule has 122 valence electrons. The van der Waals surface area contributed by atoms with Crippen LogP contribution in [0.5, 0.6) is 5.75 Å². The lowest BCUT2D eigenvalue weighted by molar-refractivity contribution is -0.384. The summed E-state index contributed by atoms with van der Waals surface area (Å²) in [7, 11) is 0. The number of nitro groups is 1. The van der Waals surface area contributed by atoms with Gasteiger partial charge in [-0.05, 0) is 12.1 Å². The molecule has 2 rings (SSSR count). The van der Waals surface area contributed by atoms with E-state index in [1.165, 1.54) is 24.3 Å². The van der Waals surface area contributed by atoms with Gasteiger partial charge in [-0.15, -0.1) is 5.10 Å². The Morgan fingerprint density at radius 3 is 2.52 bits per heavy atom. The number of carbonyl (C=O) groups excluding carboxylic acids is 1. The topological polar surface area (TPSA) is 123 Å². The summed E-state index contributed by atoms with van der Waals surface area (Å²) in [6.45, 7) is -0.534. The summed E-state index contributed by atoms with van der Waals surface area (Å²) in [5, 5.41) is 17.3. The number of carbonyl (C=O) groups is 1. The summed E-state index contributed by atoms with van der Waals surface area (Å²) < 4.78 is 41.9. The van der Waals surface area contributed by atoms with Crippen LogP contribution in [0.1, 0.15) is 5.82 Å². The number of rotatable bonds is 5. The van der Waals surface area contributed by atoms with Crippen molar-refractivity contribution in [3.05, 3.63) is 40.2 Å². The Hall–Kier alpha value is -3.18. The van der Waals surface area contributed by atoms with Crippen molar-refractivity contribution < 1.29 is 27.6 Å². The molecule has 23 heavy (non-hydrogen) atoms. The monoisotopic (exact) mass is 331 g/mol. The van der Waals surface area contributed by atoms with Gasteiger partial charge in [-0.1, -0.05) is 0 Å². The van der Waals surface area contributed by atoms with Crippen LogP contribution in [-0.4, -0.2) is 32.6 Å². The maximum absolute atomic E-state index is 12.3. The first-order chi connectivity index (χ1) is 10.8. The number of nitrogens with zero attached hydrogens (tertiary/aromatic N) is 3. The molecule has 2 N–H and O–H groups in total. The lowest BCUT2D eigenvalue weighted by Gasteiger charge is -2.05. The number of non-ortho nitro benzene ring substituents is 1. The molecule has 0 unspecified atom stereocenters. The molecule has 0 bridgehead atoms. The fraction of sp³-hybridized carbons (Fsp3) is 0.182. The van der Waals surface area contributed by atoms with E-state index >= 15 is 0 Å². The average molecular weight is 331 g/mol. The molecule has 0 fully saturated rings. The molecule has 0 aliphatic rings. The van der Waals surface area contributed by atoms with Crippen molar-refractivity contribution >= 4 is 17.5 Å². The number of aromatic amines is 1. The van der Waals surface area contributed by atoms with Crippen molar-refractivity contribution in [2.45, 2.75) is 6.18 Å². The number of aromatic nitrogens is 3. The van der Waals surface area contributed by atoms with Gasteiger partial charge >= 0.3 is 6.18 Å². The highest BCUT2D eigenvalue weighted by Gasteiger charge is 2.35. The molecule has 1 aromatic carbocycles. The lowest BCUT2D eigenvalue weighted by atomic mass is 10.3. The third kappa shape index (κ3) is 4.39. The quantitative estimate of drug-likeness (QED) is 0.635. The van der Waals surface area contributed by atoms with Gasteiger partial charge in [-0.3, -0.25) is 25.3 Å². The minimum atomic E-state index is -4.70. The van der Waals surface area contributed by atoms with E-state index in [1.807, 2.05) is 5.32 Å². The van der Waals surface area contributed by atoms with Gasteiger partial charge in [-0.25, -0.2) is 0 Å². The van der Waals surface area contributed by atoms with Crippen molar-refractivity contribution in [1.82, 2.24) is 15.2 Å². The highest BCUT2D eigenvalue weighted by molar-refractivity contribution is 5.90. The number of anilines is 1. The third-order valence-electron chi connectivity index (χ3n) is 2.42. The first-order valence-electron chi connectivity index (χ1n) is 5.92. The normalized spacial score (nSPS) is 11.1. The zero-order chi connectivity index (χ0) is 17.0. The standard InChI is InChI=1S/C11H8F3N5O4/c12-11(13,14)9-16-10(18-17-9)15-8(20)5-23-7-3-1-6(2-4-7)19(21)22/h1-4H,5H2,(H2,15,16,17,18,20). The highest BCUT2D eigenvalue weighted by atomic mass is 19.4. The SMILES string of the molecule is O=C(COc1ccc([N+](=O)[O-])cc1)Nc1n[nH]c(C(F)(F)F)n1. The van der Waals surface area contributed by atoms with Gasteiger partial charge in [0.2, 0.25) is 11.8 Å². The van der Waals surface area contributed by atoms with Crippen LogP contribution in [0, 0.1) is 10.1 Å². The summed E-state index contributed by atoms with van der Waals surface area (Å²) in [5.74, 6) is -2.51. The molecule has 2 aromatic rings. The van der Waals surface area contributed by atoms with E-state index in [4.69, 9.17) is 4.74 Å². The van der Waals surface area contributed by atoms with E-state index < -0.39 is 35.4 Å². The minimum absolute atomic E-state index is 0.151. The summed E-state index contributed by atoms with van der Waals surface area (Å²) in [5.41, 5.74) is -0.151. The molecule has 0 aliphatic heterocycles. The molecule has 0 saturated carbocycles. The second-order valence-corrected chi connectivity index (χ2v) is 4.09. The highest BCUT2D eigenvalue weighted by Crippen LogP contribution is 2.26. The number of benzene rings is 1.